The normalized spacial score (nSPS) is 12.7. The number of allylic oxidation sites excluding steroid dienone is 2. The average molecular weight is 124 g/mol. The van der Waals surface area contributed by atoms with Crippen LogP contribution in [-0.4, -0.2) is 0 Å². The van der Waals surface area contributed by atoms with Crippen LogP contribution in [0.3, 0.4) is 0 Å². The number of rotatable bonds is 3. The van der Waals surface area contributed by atoms with E-state index in [9.17, 15) is 0 Å². The smallest absolute Gasteiger partial charge is 0.0455 e. The first-order chi connectivity index (χ1) is 4.41. The Hall–Kier alpha value is -0.920. The Labute approximate surface area is 56.0 Å². The van der Waals surface area contributed by atoms with E-state index in [4.69, 9.17) is 0 Å². The third kappa shape index (κ3) is 7.08. The first kappa shape index (κ1) is 8.08. The number of azo groups is 1. The van der Waals surface area contributed by atoms with Crippen LogP contribution in [0.5, 0.6) is 0 Å². The summed E-state index contributed by atoms with van der Waals surface area (Å²) in [5, 5.41) is 7.39. The molecule has 0 saturated heterocycles. The van der Waals surface area contributed by atoms with Crippen molar-refractivity contribution in [2.45, 2.75) is 20.3 Å². The molecule has 50 valence electrons. The lowest BCUT2D eigenvalue weighted by molar-refractivity contribution is 1.16. The fourth-order valence-electron chi connectivity index (χ4n) is 0.296. The lowest BCUT2D eigenvalue weighted by atomic mass is 10.5. The largest absolute Gasteiger partial charge is 0.160 e. The molecular formula is C7H12N2. The van der Waals surface area contributed by atoms with Crippen molar-refractivity contribution in [1.29, 1.82) is 0 Å². The average Bonchev–Trinajstić information content (AvgIpc) is 1.89. The van der Waals surface area contributed by atoms with E-state index in [1.807, 2.05) is 19.1 Å². The van der Waals surface area contributed by atoms with Gasteiger partial charge >= 0.3 is 0 Å². The summed E-state index contributed by atoms with van der Waals surface area (Å²) in [6, 6.07) is 0. The molecule has 0 bridgehead atoms. The lowest BCUT2D eigenvalue weighted by Gasteiger charge is -1.72. The quantitative estimate of drug-likeness (QED) is 0.517. The molecule has 0 spiro atoms. The van der Waals surface area contributed by atoms with Crippen molar-refractivity contribution in [3.8, 4) is 0 Å². The summed E-state index contributed by atoms with van der Waals surface area (Å²) >= 11 is 0. The van der Waals surface area contributed by atoms with Crippen LogP contribution in [0.25, 0.3) is 0 Å². The van der Waals surface area contributed by atoms with Gasteiger partial charge in [0, 0.05) is 12.4 Å². The van der Waals surface area contributed by atoms with Gasteiger partial charge in [-0.05, 0) is 13.3 Å². The van der Waals surface area contributed by atoms with E-state index in [-0.39, 0.29) is 0 Å². The van der Waals surface area contributed by atoms with Crippen LogP contribution in [0.4, 0.5) is 0 Å². The molecule has 0 aromatic heterocycles. The van der Waals surface area contributed by atoms with Crippen LogP contribution in [-0.2, 0) is 0 Å². The number of hydrogen-bond acceptors (Lipinski definition) is 2. The third-order valence-corrected chi connectivity index (χ3v) is 0.690. The van der Waals surface area contributed by atoms with E-state index in [1.165, 1.54) is 0 Å². The van der Waals surface area contributed by atoms with Gasteiger partial charge in [0.1, 0.15) is 0 Å². The summed E-state index contributed by atoms with van der Waals surface area (Å²) in [5.41, 5.74) is 0. The Balaban J connectivity index is 3.35. The fourth-order valence-corrected chi connectivity index (χ4v) is 0.296. The zero-order chi connectivity index (χ0) is 6.95. The minimum absolute atomic E-state index is 1.01. The molecule has 9 heavy (non-hydrogen) atoms. The molecule has 0 aliphatic heterocycles. The minimum Gasteiger partial charge on any atom is -0.160 e. The maximum absolute atomic E-state index is 3.71. The van der Waals surface area contributed by atoms with E-state index in [2.05, 4.69) is 17.2 Å². The highest BCUT2D eigenvalue weighted by atomic mass is 15.1. The Morgan fingerprint density at radius 3 is 2.44 bits per heavy atom. The predicted octanol–water partition coefficient (Wildman–Crippen LogP) is 2.90. The van der Waals surface area contributed by atoms with Gasteiger partial charge in [0.2, 0.25) is 0 Å². The monoisotopic (exact) mass is 124 g/mol. The standard InChI is InChI=1S/C7H12N2/c1-3-5-7-9-8-6-4-2/h4-7H,3H2,1-2H3/b6-4-,7-5-,9-8-. The Kier molecular flexibility index (Phi) is 6.36. The first-order valence-electron chi connectivity index (χ1n) is 3.08. The fraction of sp³-hybridized carbons (Fsp3) is 0.429. The van der Waals surface area contributed by atoms with Crippen molar-refractivity contribution in [3.63, 3.8) is 0 Å². The molecule has 0 atom stereocenters. The van der Waals surface area contributed by atoms with E-state index >= 15 is 0 Å². The molecule has 0 aliphatic carbocycles. The van der Waals surface area contributed by atoms with Crippen molar-refractivity contribution >= 4 is 0 Å². The molecule has 0 saturated carbocycles. The van der Waals surface area contributed by atoms with Crippen LogP contribution in [0.1, 0.15) is 20.3 Å². The zero-order valence-electron chi connectivity index (χ0n) is 5.91. The van der Waals surface area contributed by atoms with Gasteiger partial charge in [-0.15, -0.1) is 0 Å². The van der Waals surface area contributed by atoms with Gasteiger partial charge in [0.05, 0.1) is 0 Å². The van der Waals surface area contributed by atoms with Gasteiger partial charge in [-0.3, -0.25) is 0 Å². The maximum atomic E-state index is 3.71. The Morgan fingerprint density at radius 2 is 1.89 bits per heavy atom. The molecule has 0 heterocycles. The second-order valence-electron chi connectivity index (χ2n) is 1.51. The predicted molar refractivity (Wildman–Crippen MR) is 39.1 cm³/mol. The van der Waals surface area contributed by atoms with Crippen LogP contribution < -0.4 is 0 Å². The van der Waals surface area contributed by atoms with Gasteiger partial charge in [-0.2, -0.15) is 10.2 Å². The van der Waals surface area contributed by atoms with Crippen molar-refractivity contribution in [2.75, 3.05) is 0 Å². The molecule has 0 radical (unpaired) electrons. The maximum Gasteiger partial charge on any atom is 0.0455 e. The molecule has 0 N–H and O–H groups in total. The molecule has 0 rings (SSSR count). The zero-order valence-corrected chi connectivity index (χ0v) is 5.91. The molecule has 0 aromatic carbocycles. The summed E-state index contributed by atoms with van der Waals surface area (Å²) in [7, 11) is 0. The molecule has 0 aromatic rings. The van der Waals surface area contributed by atoms with Gasteiger partial charge in [-0.25, -0.2) is 0 Å². The van der Waals surface area contributed by atoms with Crippen molar-refractivity contribution < 1.29 is 0 Å². The van der Waals surface area contributed by atoms with Crippen LogP contribution >= 0.6 is 0 Å². The van der Waals surface area contributed by atoms with E-state index in [1.54, 1.807) is 12.4 Å². The molecule has 0 aliphatic rings. The third-order valence-electron chi connectivity index (χ3n) is 0.690. The van der Waals surface area contributed by atoms with E-state index in [0.717, 1.165) is 6.42 Å². The number of nitrogens with zero attached hydrogens (tertiary/aromatic N) is 2. The Bertz CT molecular complexity index is 123. The lowest BCUT2D eigenvalue weighted by Crippen LogP contribution is -1.50. The van der Waals surface area contributed by atoms with Crippen molar-refractivity contribution in [1.82, 2.24) is 0 Å². The summed E-state index contributed by atoms with van der Waals surface area (Å²) in [6.07, 6.45) is 8.14. The van der Waals surface area contributed by atoms with Crippen LogP contribution in [0, 0.1) is 0 Å². The molecule has 0 amide bonds. The minimum atomic E-state index is 1.01. The summed E-state index contributed by atoms with van der Waals surface area (Å²) in [6.45, 7) is 3.96. The second-order valence-corrected chi connectivity index (χ2v) is 1.51. The van der Waals surface area contributed by atoms with Gasteiger partial charge in [-0.1, -0.05) is 19.1 Å². The summed E-state index contributed by atoms with van der Waals surface area (Å²) < 4.78 is 0. The molecular weight excluding hydrogens is 112 g/mol. The SMILES string of the molecule is C\C=C/N=N\C=C/CC. The number of hydrogen-bond donors (Lipinski definition) is 0. The molecule has 0 unspecified atom stereocenters. The van der Waals surface area contributed by atoms with Crippen LogP contribution in [0.2, 0.25) is 0 Å². The Morgan fingerprint density at radius 1 is 1.22 bits per heavy atom. The summed E-state index contributed by atoms with van der Waals surface area (Å²) in [5.74, 6) is 0. The second kappa shape index (κ2) is 7.08. The van der Waals surface area contributed by atoms with E-state index in [0.29, 0.717) is 0 Å². The highest BCUT2D eigenvalue weighted by Gasteiger charge is 1.61. The van der Waals surface area contributed by atoms with Crippen LogP contribution in [0.15, 0.2) is 34.8 Å². The van der Waals surface area contributed by atoms with E-state index < -0.39 is 0 Å². The van der Waals surface area contributed by atoms with Gasteiger partial charge in [0.25, 0.3) is 0 Å². The molecule has 2 heteroatoms. The van der Waals surface area contributed by atoms with Crippen molar-refractivity contribution in [2.24, 2.45) is 10.2 Å². The van der Waals surface area contributed by atoms with Gasteiger partial charge < -0.3 is 0 Å². The molecule has 2 nitrogen and oxygen atoms in total. The topological polar surface area (TPSA) is 24.7 Å². The first-order valence-corrected chi connectivity index (χ1v) is 3.08. The highest BCUT2D eigenvalue weighted by Crippen LogP contribution is 1.83. The van der Waals surface area contributed by atoms with Gasteiger partial charge in [0.15, 0.2) is 0 Å². The molecule has 0 fully saturated rings. The highest BCUT2D eigenvalue weighted by molar-refractivity contribution is 4.78. The summed E-state index contributed by atoms with van der Waals surface area (Å²) in [4.78, 5) is 0. The van der Waals surface area contributed by atoms with Crippen molar-refractivity contribution in [3.05, 3.63) is 24.6 Å².